The van der Waals surface area contributed by atoms with Crippen molar-refractivity contribution >= 4 is 23.0 Å². The molecule has 3 rings (SSSR count). The van der Waals surface area contributed by atoms with Gasteiger partial charge in [-0.25, -0.2) is 4.98 Å². The van der Waals surface area contributed by atoms with Crippen molar-refractivity contribution in [2.45, 2.75) is 26.5 Å². The Morgan fingerprint density at radius 2 is 2.03 bits per heavy atom. The second-order valence-corrected chi connectivity index (χ2v) is 6.22. The fraction of sp³-hybridized carbons (Fsp3) is 0.238. The number of amides is 1. The van der Waals surface area contributed by atoms with Crippen LogP contribution in [0.5, 0.6) is 11.5 Å². The highest BCUT2D eigenvalue weighted by Gasteiger charge is 2.13. The van der Waals surface area contributed by atoms with E-state index in [0.29, 0.717) is 18.0 Å². The van der Waals surface area contributed by atoms with E-state index in [1.807, 2.05) is 31.2 Å². The molecular formula is C21H21F2N3O3. The molecule has 1 atom stereocenters. The van der Waals surface area contributed by atoms with Crippen molar-refractivity contribution in [3.8, 4) is 11.5 Å². The third kappa shape index (κ3) is 5.31. The molecule has 2 aromatic carbocycles. The van der Waals surface area contributed by atoms with Gasteiger partial charge in [0, 0.05) is 6.08 Å². The number of fused-ring (bicyclic) bond motifs is 1. The van der Waals surface area contributed by atoms with E-state index in [0.717, 1.165) is 11.0 Å². The maximum Gasteiger partial charge on any atom is 0.387 e. The van der Waals surface area contributed by atoms with Crippen molar-refractivity contribution in [1.82, 2.24) is 15.3 Å². The Morgan fingerprint density at radius 1 is 1.24 bits per heavy atom. The van der Waals surface area contributed by atoms with Crippen LogP contribution in [-0.4, -0.2) is 29.1 Å². The Kier molecular flexibility index (Phi) is 6.43. The first-order chi connectivity index (χ1) is 14.0. The number of ether oxygens (including phenoxy) is 2. The lowest BCUT2D eigenvalue weighted by atomic mass is 10.2. The van der Waals surface area contributed by atoms with Crippen molar-refractivity contribution in [3.63, 3.8) is 0 Å². The fourth-order valence-corrected chi connectivity index (χ4v) is 2.77. The number of nitrogens with zero attached hydrogens (tertiary/aromatic N) is 1. The monoisotopic (exact) mass is 401 g/mol. The first kappa shape index (κ1) is 20.3. The number of aromatic nitrogens is 2. The highest BCUT2D eigenvalue weighted by Crippen LogP contribution is 2.30. The molecule has 0 aliphatic heterocycles. The predicted octanol–water partition coefficient (Wildman–Crippen LogP) is 4.45. The quantitative estimate of drug-likeness (QED) is 0.547. The van der Waals surface area contributed by atoms with Crippen LogP contribution in [0.4, 0.5) is 8.78 Å². The summed E-state index contributed by atoms with van der Waals surface area (Å²) >= 11 is 0. The van der Waals surface area contributed by atoms with Crippen LogP contribution >= 0.6 is 0 Å². The fourth-order valence-electron chi connectivity index (χ4n) is 2.77. The second kappa shape index (κ2) is 9.18. The maximum absolute atomic E-state index is 12.5. The smallest absolute Gasteiger partial charge is 0.387 e. The molecule has 1 amide bonds. The Morgan fingerprint density at radius 3 is 2.76 bits per heavy atom. The number of halogens is 2. The van der Waals surface area contributed by atoms with Gasteiger partial charge in [-0.05, 0) is 49.8 Å². The van der Waals surface area contributed by atoms with Crippen LogP contribution in [0.2, 0.25) is 0 Å². The van der Waals surface area contributed by atoms with E-state index in [1.54, 1.807) is 19.1 Å². The third-order valence-electron chi connectivity index (χ3n) is 4.09. The molecule has 0 bridgehead atoms. The zero-order valence-corrected chi connectivity index (χ0v) is 16.0. The largest absolute Gasteiger partial charge is 0.490 e. The zero-order chi connectivity index (χ0) is 20.8. The van der Waals surface area contributed by atoms with Gasteiger partial charge in [-0.15, -0.1) is 0 Å². The lowest BCUT2D eigenvalue weighted by Crippen LogP contribution is -2.25. The van der Waals surface area contributed by atoms with Crippen LogP contribution in [-0.2, 0) is 4.79 Å². The second-order valence-electron chi connectivity index (χ2n) is 6.22. The van der Waals surface area contributed by atoms with E-state index >= 15 is 0 Å². The highest BCUT2D eigenvalue weighted by molar-refractivity contribution is 5.92. The Bertz CT molecular complexity index is 984. The van der Waals surface area contributed by atoms with E-state index < -0.39 is 6.61 Å². The lowest BCUT2D eigenvalue weighted by Gasteiger charge is -2.12. The predicted molar refractivity (Wildman–Crippen MR) is 106 cm³/mol. The summed E-state index contributed by atoms with van der Waals surface area (Å²) in [7, 11) is 0. The Hall–Kier alpha value is -3.42. The van der Waals surface area contributed by atoms with Gasteiger partial charge < -0.3 is 19.8 Å². The number of nitrogens with one attached hydrogen (secondary N) is 2. The van der Waals surface area contributed by atoms with Crippen molar-refractivity contribution in [1.29, 1.82) is 0 Å². The summed E-state index contributed by atoms with van der Waals surface area (Å²) in [6.07, 6.45) is 2.92. The molecule has 0 fully saturated rings. The van der Waals surface area contributed by atoms with Gasteiger partial charge in [-0.3, -0.25) is 4.79 Å². The number of rotatable bonds is 8. The SMILES string of the molecule is CCOc1cc(/C=C/C(=O)NC(C)c2nc3ccccc3[nH]2)ccc1OC(F)F. The molecule has 1 unspecified atom stereocenters. The number of hydrogen-bond acceptors (Lipinski definition) is 4. The highest BCUT2D eigenvalue weighted by atomic mass is 19.3. The summed E-state index contributed by atoms with van der Waals surface area (Å²) in [5.74, 6) is 0.469. The summed E-state index contributed by atoms with van der Waals surface area (Å²) in [5, 5.41) is 2.83. The molecule has 1 heterocycles. The molecule has 0 spiro atoms. The van der Waals surface area contributed by atoms with Crippen molar-refractivity contribution in [2.24, 2.45) is 0 Å². The lowest BCUT2D eigenvalue weighted by molar-refractivity contribution is -0.117. The maximum atomic E-state index is 12.5. The molecule has 0 saturated carbocycles. The molecule has 1 aromatic heterocycles. The molecule has 2 N–H and O–H groups in total. The number of benzene rings is 2. The number of alkyl halides is 2. The third-order valence-corrected chi connectivity index (χ3v) is 4.09. The van der Waals surface area contributed by atoms with Crippen LogP contribution in [0.25, 0.3) is 17.1 Å². The number of para-hydroxylation sites is 2. The van der Waals surface area contributed by atoms with Crippen LogP contribution in [0, 0.1) is 0 Å². The zero-order valence-electron chi connectivity index (χ0n) is 16.0. The van der Waals surface area contributed by atoms with Gasteiger partial charge in [0.1, 0.15) is 5.82 Å². The first-order valence-corrected chi connectivity index (χ1v) is 9.11. The summed E-state index contributed by atoms with van der Waals surface area (Å²) < 4.78 is 34.7. The molecule has 6 nitrogen and oxygen atoms in total. The van der Waals surface area contributed by atoms with Crippen molar-refractivity contribution in [2.75, 3.05) is 6.61 Å². The van der Waals surface area contributed by atoms with E-state index in [2.05, 4.69) is 20.0 Å². The van der Waals surface area contributed by atoms with Gasteiger partial charge in [-0.2, -0.15) is 8.78 Å². The van der Waals surface area contributed by atoms with Crippen LogP contribution in [0.15, 0.2) is 48.5 Å². The number of aromatic amines is 1. The average Bonchev–Trinajstić information content (AvgIpc) is 3.12. The molecule has 0 aliphatic carbocycles. The number of carbonyl (C=O) groups is 1. The van der Waals surface area contributed by atoms with Gasteiger partial charge in [0.15, 0.2) is 11.5 Å². The van der Waals surface area contributed by atoms with E-state index in [4.69, 9.17) is 4.74 Å². The summed E-state index contributed by atoms with van der Waals surface area (Å²) in [6, 6.07) is 11.8. The molecule has 0 radical (unpaired) electrons. The normalized spacial score (nSPS) is 12.4. The first-order valence-electron chi connectivity index (χ1n) is 9.11. The van der Waals surface area contributed by atoms with Gasteiger partial charge in [-0.1, -0.05) is 18.2 Å². The van der Waals surface area contributed by atoms with Crippen LogP contribution in [0.3, 0.4) is 0 Å². The minimum absolute atomic E-state index is 0.0537. The molecule has 3 aromatic rings. The van der Waals surface area contributed by atoms with E-state index in [-0.39, 0.29) is 23.4 Å². The number of hydrogen-bond donors (Lipinski definition) is 2. The van der Waals surface area contributed by atoms with Gasteiger partial charge in [0.05, 0.1) is 23.7 Å². The summed E-state index contributed by atoms with van der Waals surface area (Å²) in [4.78, 5) is 19.9. The van der Waals surface area contributed by atoms with Crippen LogP contribution < -0.4 is 14.8 Å². The molecule has 0 saturated heterocycles. The minimum atomic E-state index is -2.94. The molecule has 0 aliphatic rings. The van der Waals surface area contributed by atoms with Crippen molar-refractivity contribution < 1.29 is 23.0 Å². The molecular weight excluding hydrogens is 380 g/mol. The van der Waals surface area contributed by atoms with Gasteiger partial charge >= 0.3 is 6.61 Å². The summed E-state index contributed by atoms with van der Waals surface area (Å²) in [6.45, 7) is 0.915. The molecule has 152 valence electrons. The number of carbonyl (C=O) groups excluding carboxylic acids is 1. The minimum Gasteiger partial charge on any atom is -0.490 e. The van der Waals surface area contributed by atoms with E-state index in [9.17, 15) is 13.6 Å². The summed E-state index contributed by atoms with van der Waals surface area (Å²) in [5.41, 5.74) is 2.34. The van der Waals surface area contributed by atoms with Crippen LogP contribution in [0.1, 0.15) is 31.3 Å². The number of H-pyrrole nitrogens is 1. The average molecular weight is 401 g/mol. The number of imidazole rings is 1. The standard InChI is InChI=1S/C21H21F2N3O3/c1-3-28-18-12-14(8-10-17(18)29-21(22)23)9-11-19(27)24-13(2)20-25-15-6-4-5-7-16(15)26-20/h4-13,21H,3H2,1-2H3,(H,24,27)(H,25,26)/b11-9+. The Balaban J connectivity index is 1.67. The molecule has 8 heteroatoms. The van der Waals surface area contributed by atoms with E-state index in [1.165, 1.54) is 18.2 Å². The topological polar surface area (TPSA) is 76.2 Å². The Labute approximate surface area is 166 Å². The van der Waals surface area contributed by atoms with Crippen molar-refractivity contribution in [3.05, 3.63) is 59.9 Å². The molecule has 29 heavy (non-hydrogen) atoms. The van der Waals surface area contributed by atoms with Gasteiger partial charge in [0.25, 0.3) is 0 Å². The van der Waals surface area contributed by atoms with Gasteiger partial charge in [0.2, 0.25) is 5.91 Å².